The van der Waals surface area contributed by atoms with Crippen molar-refractivity contribution in [2.45, 2.75) is 14.9 Å². The van der Waals surface area contributed by atoms with Gasteiger partial charge in [0, 0.05) is 0 Å². The van der Waals surface area contributed by atoms with E-state index < -0.39 is 7.14 Å². The summed E-state index contributed by atoms with van der Waals surface area (Å²) in [4.78, 5) is 2.00. The largest absolute Gasteiger partial charge is 0.333 e. The Morgan fingerprint density at radius 3 is 0.812 bits per heavy atom. The summed E-state index contributed by atoms with van der Waals surface area (Å²) >= 11 is 0. The number of quaternary nitrogens is 1. The zero-order valence-electron chi connectivity index (χ0n) is 11.7. The molecule has 0 aliphatic rings. The predicted molar refractivity (Wildman–Crippen MR) is 82.4 cm³/mol. The molecule has 3 nitrogen and oxygen atoms in total. The normalized spacial score (nSPS) is 9.69. The molecule has 4 heteroatoms. The van der Waals surface area contributed by atoms with Crippen LogP contribution in [0.5, 0.6) is 0 Å². The van der Waals surface area contributed by atoms with Crippen LogP contribution in [0, 0.1) is 0 Å². The van der Waals surface area contributed by atoms with Gasteiger partial charge in [-0.3, -0.25) is 0 Å². The highest BCUT2D eigenvalue weighted by Gasteiger charge is 1.89. The molecule has 0 rings (SSSR count). The van der Waals surface area contributed by atoms with Gasteiger partial charge >= 0.3 is 0 Å². The highest BCUT2D eigenvalue weighted by molar-refractivity contribution is 7.61. The summed E-state index contributed by atoms with van der Waals surface area (Å²) in [5, 5.41) is 0. The second kappa shape index (κ2) is 13.2. The van der Waals surface area contributed by atoms with E-state index in [0.29, 0.717) is 0 Å². The molecule has 0 fully saturated rings. The van der Waals surface area contributed by atoms with Crippen LogP contribution in [0.15, 0.2) is 0 Å². The van der Waals surface area contributed by atoms with Gasteiger partial charge in [-0.05, 0) is 41.1 Å². The Bertz CT molecular complexity index is 140. The van der Waals surface area contributed by atoms with Crippen molar-refractivity contribution in [1.29, 1.82) is 0 Å². The van der Waals surface area contributed by atoms with E-state index in [2.05, 4.69) is 28.2 Å². The van der Waals surface area contributed by atoms with Crippen LogP contribution >= 0.6 is 7.14 Å². The topological polar surface area (TPSA) is 20.3 Å². The Morgan fingerprint density at radius 1 is 0.812 bits per heavy atom. The molecule has 16 heavy (non-hydrogen) atoms. The molecule has 0 saturated heterocycles. The van der Waals surface area contributed by atoms with E-state index in [-0.39, 0.29) is 14.9 Å². The van der Waals surface area contributed by atoms with Gasteiger partial charge in [0.05, 0.1) is 35.3 Å². The van der Waals surface area contributed by atoms with Gasteiger partial charge < -0.3 is 13.9 Å². The zero-order chi connectivity index (χ0) is 12.6. The first-order chi connectivity index (χ1) is 5.73. The molecule has 0 aliphatic heterocycles. The summed E-state index contributed by atoms with van der Waals surface area (Å²) in [6.45, 7) is 5.23. The molecule has 0 aliphatic carbocycles. The zero-order valence-corrected chi connectivity index (χ0v) is 12.6. The minimum absolute atomic E-state index is 0. The van der Waals surface area contributed by atoms with Crippen molar-refractivity contribution in [2.75, 3.05) is 69.3 Å². The molecular formula is C12H38N2OP+. The summed E-state index contributed by atoms with van der Waals surface area (Å²) in [7, 11) is 12.9. The Labute approximate surface area is 106 Å². The third-order valence-electron chi connectivity index (χ3n) is 0. The molecule has 0 heterocycles. The maximum atomic E-state index is 10.2. The highest BCUT2D eigenvalue weighted by Crippen LogP contribution is 2.28. The SMILES string of the molecule is C.C.CN(C)C.CP(C)(C)=O.C[N+](C)(C)C. The van der Waals surface area contributed by atoms with Gasteiger partial charge in [-0.2, -0.15) is 0 Å². The van der Waals surface area contributed by atoms with Gasteiger partial charge in [-0.25, -0.2) is 0 Å². The van der Waals surface area contributed by atoms with E-state index in [1.54, 1.807) is 20.0 Å². The molecule has 0 aromatic heterocycles. The van der Waals surface area contributed by atoms with Crippen LogP contribution in [0.1, 0.15) is 14.9 Å². The number of hydrogen-bond acceptors (Lipinski definition) is 2. The monoisotopic (exact) mass is 257 g/mol. The predicted octanol–water partition coefficient (Wildman–Crippen LogP) is 3.01. The van der Waals surface area contributed by atoms with Crippen LogP contribution in [0.3, 0.4) is 0 Å². The molecule has 0 radical (unpaired) electrons. The first-order valence-electron chi connectivity index (χ1n) is 4.65. The van der Waals surface area contributed by atoms with Crippen molar-refractivity contribution in [3.8, 4) is 0 Å². The average molecular weight is 257 g/mol. The molecule has 0 aromatic rings. The highest BCUT2D eigenvalue weighted by atomic mass is 31.2. The van der Waals surface area contributed by atoms with Gasteiger partial charge in [0.15, 0.2) is 0 Å². The summed E-state index contributed by atoms with van der Waals surface area (Å²) in [6.07, 6.45) is 0. The second-order valence-electron chi connectivity index (χ2n) is 5.91. The van der Waals surface area contributed by atoms with E-state index in [1.165, 1.54) is 0 Å². The molecule has 0 N–H and O–H groups in total. The number of nitrogens with zero attached hydrogens (tertiary/aromatic N) is 2. The molecule has 0 unspecified atom stereocenters. The maximum absolute atomic E-state index is 10.2. The van der Waals surface area contributed by atoms with E-state index in [9.17, 15) is 4.57 Å². The van der Waals surface area contributed by atoms with Crippen LogP contribution in [-0.4, -0.2) is 78.7 Å². The first-order valence-corrected chi connectivity index (χ1v) is 7.70. The lowest BCUT2D eigenvalue weighted by Crippen LogP contribution is -2.27. The van der Waals surface area contributed by atoms with Crippen molar-refractivity contribution in [2.24, 2.45) is 0 Å². The van der Waals surface area contributed by atoms with Crippen LogP contribution in [0.4, 0.5) is 0 Å². The van der Waals surface area contributed by atoms with Crippen molar-refractivity contribution in [1.82, 2.24) is 4.90 Å². The van der Waals surface area contributed by atoms with Crippen LogP contribution < -0.4 is 0 Å². The van der Waals surface area contributed by atoms with Crippen LogP contribution in [0.25, 0.3) is 0 Å². The Balaban J connectivity index is -0.0000000358. The quantitative estimate of drug-likeness (QED) is 0.491. The van der Waals surface area contributed by atoms with Crippen LogP contribution in [0.2, 0.25) is 0 Å². The lowest BCUT2D eigenvalue weighted by molar-refractivity contribution is -0.849. The second-order valence-corrected chi connectivity index (χ2v) is 9.69. The number of rotatable bonds is 0. The van der Waals surface area contributed by atoms with Crippen molar-refractivity contribution >= 4 is 7.14 Å². The summed E-state index contributed by atoms with van der Waals surface area (Å²) in [6, 6.07) is 0. The van der Waals surface area contributed by atoms with Gasteiger partial charge in [0.2, 0.25) is 0 Å². The van der Waals surface area contributed by atoms with Gasteiger partial charge in [0.1, 0.15) is 0 Å². The molecular weight excluding hydrogens is 219 g/mol. The fourth-order valence-electron chi connectivity index (χ4n) is 0. The lowest BCUT2D eigenvalue weighted by atomic mass is 10.8. The van der Waals surface area contributed by atoms with Crippen LogP contribution in [-0.2, 0) is 4.57 Å². The van der Waals surface area contributed by atoms with Crippen molar-refractivity contribution in [3.63, 3.8) is 0 Å². The summed E-state index contributed by atoms with van der Waals surface area (Å²) in [5.41, 5.74) is 0. The average Bonchev–Trinajstić information content (AvgIpc) is 1.45. The summed E-state index contributed by atoms with van der Waals surface area (Å²) < 4.78 is 11.2. The van der Waals surface area contributed by atoms with Gasteiger partial charge in [-0.15, -0.1) is 0 Å². The Hall–Kier alpha value is 0.150. The molecule has 0 spiro atoms. The Kier molecular flexibility index (Phi) is 24.6. The third kappa shape index (κ3) is 109000. The number of hydrogen-bond donors (Lipinski definition) is 0. The minimum atomic E-state index is -1.64. The molecule has 0 atom stereocenters. The molecule has 0 bridgehead atoms. The molecule has 106 valence electrons. The van der Waals surface area contributed by atoms with E-state index in [4.69, 9.17) is 0 Å². The van der Waals surface area contributed by atoms with Crippen molar-refractivity contribution in [3.05, 3.63) is 0 Å². The van der Waals surface area contributed by atoms with E-state index in [0.717, 1.165) is 4.48 Å². The minimum Gasteiger partial charge on any atom is -0.333 e. The first kappa shape index (κ1) is 29.8. The van der Waals surface area contributed by atoms with E-state index in [1.807, 2.05) is 26.0 Å². The summed E-state index contributed by atoms with van der Waals surface area (Å²) in [5.74, 6) is 0. The molecule has 0 aromatic carbocycles. The standard InChI is InChI=1S/C4H12N.C3H9N.C3H9OP.2CH4/c1-5(2,3)4;1-4(2)3;1-5(2,3)4;;/h1-4H3;1-3H3;1-3H3;2*1H4/q+1;;;;. The maximum Gasteiger partial charge on any atom is 0.0790 e. The van der Waals surface area contributed by atoms with Gasteiger partial charge in [0.25, 0.3) is 0 Å². The molecule has 0 saturated carbocycles. The smallest absolute Gasteiger partial charge is 0.0790 e. The molecule has 0 amide bonds. The van der Waals surface area contributed by atoms with Gasteiger partial charge in [-0.1, -0.05) is 14.9 Å². The Morgan fingerprint density at radius 2 is 0.812 bits per heavy atom. The third-order valence-corrected chi connectivity index (χ3v) is 0. The van der Waals surface area contributed by atoms with Crippen molar-refractivity contribution < 1.29 is 9.05 Å². The fourth-order valence-corrected chi connectivity index (χ4v) is 0. The van der Waals surface area contributed by atoms with E-state index >= 15 is 0 Å². The lowest BCUT2D eigenvalue weighted by Gasteiger charge is -2.14. The fraction of sp³-hybridized carbons (Fsp3) is 1.00.